The summed E-state index contributed by atoms with van der Waals surface area (Å²) in [6.07, 6.45) is 0. The van der Waals surface area contributed by atoms with Gasteiger partial charge in [-0.2, -0.15) is 8.78 Å². The third-order valence-electron chi connectivity index (χ3n) is 3.50. The molecule has 0 saturated heterocycles. The van der Waals surface area contributed by atoms with Gasteiger partial charge in [-0.1, -0.05) is 36.4 Å². The molecule has 0 aliphatic carbocycles. The van der Waals surface area contributed by atoms with Gasteiger partial charge in [0, 0.05) is 31.3 Å². The summed E-state index contributed by atoms with van der Waals surface area (Å²) in [5.41, 5.74) is 1.59. The molecule has 0 spiro atoms. The van der Waals surface area contributed by atoms with Crippen LogP contribution in [0.15, 0.2) is 53.5 Å². The first-order valence-corrected chi connectivity index (χ1v) is 7.73. The van der Waals surface area contributed by atoms with E-state index in [9.17, 15) is 8.78 Å². The highest BCUT2D eigenvalue weighted by atomic mass is 19.3. The molecular formula is C18H21F2N3O2. The van der Waals surface area contributed by atoms with Crippen LogP contribution in [0.1, 0.15) is 11.1 Å². The summed E-state index contributed by atoms with van der Waals surface area (Å²) in [7, 11) is 3.25. The predicted octanol–water partition coefficient (Wildman–Crippen LogP) is 3.16. The number of halogens is 2. The molecule has 0 aromatic heterocycles. The van der Waals surface area contributed by atoms with Gasteiger partial charge in [0.25, 0.3) is 0 Å². The Hall–Kier alpha value is -2.83. The Bertz CT molecular complexity index is 708. The summed E-state index contributed by atoms with van der Waals surface area (Å²) in [6, 6.07) is 14.3. The van der Waals surface area contributed by atoms with Gasteiger partial charge < -0.3 is 20.1 Å². The van der Waals surface area contributed by atoms with Crippen molar-refractivity contribution in [2.75, 3.05) is 14.2 Å². The second-order valence-corrected chi connectivity index (χ2v) is 5.08. The first kappa shape index (κ1) is 18.5. The van der Waals surface area contributed by atoms with E-state index in [1.807, 2.05) is 24.3 Å². The van der Waals surface area contributed by atoms with Crippen molar-refractivity contribution in [2.45, 2.75) is 19.7 Å². The molecule has 0 heterocycles. The molecule has 0 unspecified atom stereocenters. The second kappa shape index (κ2) is 9.46. The maximum Gasteiger partial charge on any atom is 0.387 e. The number of rotatable bonds is 7. The molecule has 0 atom stereocenters. The Labute approximate surface area is 145 Å². The van der Waals surface area contributed by atoms with Crippen molar-refractivity contribution in [1.82, 2.24) is 10.6 Å². The lowest BCUT2D eigenvalue weighted by molar-refractivity contribution is -0.0504. The second-order valence-electron chi connectivity index (χ2n) is 5.08. The topological polar surface area (TPSA) is 54.9 Å². The molecule has 7 heteroatoms. The summed E-state index contributed by atoms with van der Waals surface area (Å²) in [5.74, 6) is 1.46. The van der Waals surface area contributed by atoms with Crippen molar-refractivity contribution in [3.63, 3.8) is 0 Å². The Kier molecular flexibility index (Phi) is 7.00. The Morgan fingerprint density at radius 1 is 0.960 bits per heavy atom. The summed E-state index contributed by atoms with van der Waals surface area (Å²) < 4.78 is 34.7. The van der Waals surface area contributed by atoms with Crippen LogP contribution in [0.3, 0.4) is 0 Å². The van der Waals surface area contributed by atoms with Gasteiger partial charge in [-0.25, -0.2) is 0 Å². The number of hydrogen-bond acceptors (Lipinski definition) is 3. The van der Waals surface area contributed by atoms with Crippen LogP contribution < -0.4 is 20.1 Å². The van der Waals surface area contributed by atoms with E-state index in [2.05, 4.69) is 20.4 Å². The lowest BCUT2D eigenvalue weighted by Crippen LogP contribution is -2.36. The van der Waals surface area contributed by atoms with Crippen LogP contribution in [0.25, 0.3) is 0 Å². The van der Waals surface area contributed by atoms with Gasteiger partial charge in [0.2, 0.25) is 0 Å². The van der Waals surface area contributed by atoms with Crippen LogP contribution in [0.5, 0.6) is 11.5 Å². The Morgan fingerprint density at radius 2 is 1.48 bits per heavy atom. The third-order valence-corrected chi connectivity index (χ3v) is 3.50. The van der Waals surface area contributed by atoms with Crippen molar-refractivity contribution in [3.05, 3.63) is 59.7 Å². The van der Waals surface area contributed by atoms with Crippen LogP contribution in [-0.4, -0.2) is 26.7 Å². The molecule has 0 radical (unpaired) electrons. The average Bonchev–Trinajstić information content (AvgIpc) is 2.63. The number of para-hydroxylation sites is 2. The fourth-order valence-corrected chi connectivity index (χ4v) is 2.29. The van der Waals surface area contributed by atoms with Crippen LogP contribution >= 0.6 is 0 Å². The fourth-order valence-electron chi connectivity index (χ4n) is 2.29. The van der Waals surface area contributed by atoms with E-state index in [1.165, 1.54) is 6.07 Å². The molecule has 134 valence electrons. The molecule has 0 saturated carbocycles. The lowest BCUT2D eigenvalue weighted by Gasteiger charge is -2.15. The molecule has 2 aromatic carbocycles. The minimum Gasteiger partial charge on any atom is -0.496 e. The Morgan fingerprint density at radius 3 is 2.00 bits per heavy atom. The van der Waals surface area contributed by atoms with E-state index in [4.69, 9.17) is 4.74 Å². The molecule has 2 aromatic rings. The zero-order valence-corrected chi connectivity index (χ0v) is 14.1. The summed E-state index contributed by atoms with van der Waals surface area (Å²) in [6.45, 7) is -2.04. The largest absolute Gasteiger partial charge is 0.496 e. The van der Waals surface area contributed by atoms with Gasteiger partial charge in [0.15, 0.2) is 5.96 Å². The quantitative estimate of drug-likeness (QED) is 0.596. The Balaban J connectivity index is 1.95. The van der Waals surface area contributed by atoms with Gasteiger partial charge in [0.05, 0.1) is 7.11 Å². The van der Waals surface area contributed by atoms with E-state index in [1.54, 1.807) is 32.4 Å². The van der Waals surface area contributed by atoms with Gasteiger partial charge in [-0.15, -0.1) is 0 Å². The van der Waals surface area contributed by atoms with E-state index < -0.39 is 6.61 Å². The maximum absolute atomic E-state index is 12.5. The monoisotopic (exact) mass is 349 g/mol. The molecular weight excluding hydrogens is 328 g/mol. The number of nitrogens with zero attached hydrogens (tertiary/aromatic N) is 1. The number of hydrogen-bond donors (Lipinski definition) is 2. The predicted molar refractivity (Wildman–Crippen MR) is 93.1 cm³/mol. The summed E-state index contributed by atoms with van der Waals surface area (Å²) >= 11 is 0. The molecule has 2 N–H and O–H groups in total. The minimum atomic E-state index is -2.86. The number of alkyl halides is 2. The van der Waals surface area contributed by atoms with Crippen molar-refractivity contribution in [1.29, 1.82) is 0 Å². The van der Waals surface area contributed by atoms with Crippen LogP contribution in [0, 0.1) is 0 Å². The third kappa shape index (κ3) is 5.63. The number of nitrogens with one attached hydrogen (secondary N) is 2. The normalized spacial score (nSPS) is 11.3. The minimum absolute atomic E-state index is 0.144. The van der Waals surface area contributed by atoms with Crippen LogP contribution in [0.4, 0.5) is 8.78 Å². The molecule has 0 aliphatic rings. The van der Waals surface area contributed by atoms with E-state index in [-0.39, 0.29) is 5.75 Å². The van der Waals surface area contributed by atoms with Crippen molar-refractivity contribution >= 4 is 5.96 Å². The molecule has 0 bridgehead atoms. The molecule has 25 heavy (non-hydrogen) atoms. The number of aliphatic imine (C=N–C) groups is 1. The molecule has 0 amide bonds. The number of guanidine groups is 1. The zero-order chi connectivity index (χ0) is 18.1. The zero-order valence-electron chi connectivity index (χ0n) is 14.1. The van der Waals surface area contributed by atoms with Gasteiger partial charge in [-0.05, 0) is 12.1 Å². The van der Waals surface area contributed by atoms with Crippen molar-refractivity contribution in [2.24, 2.45) is 4.99 Å². The molecule has 2 rings (SSSR count). The first-order chi connectivity index (χ1) is 12.1. The highest BCUT2D eigenvalue weighted by molar-refractivity contribution is 5.79. The smallest absolute Gasteiger partial charge is 0.387 e. The van der Waals surface area contributed by atoms with E-state index in [0.717, 1.165) is 11.3 Å². The molecule has 0 fully saturated rings. The van der Waals surface area contributed by atoms with Crippen LogP contribution in [0.2, 0.25) is 0 Å². The first-order valence-electron chi connectivity index (χ1n) is 7.73. The van der Waals surface area contributed by atoms with Gasteiger partial charge >= 0.3 is 6.61 Å². The SMILES string of the molecule is CN=C(NCc1ccccc1OC)NCc1ccccc1OC(F)F. The van der Waals surface area contributed by atoms with Crippen molar-refractivity contribution < 1.29 is 18.3 Å². The number of methoxy groups -OCH3 is 1. The highest BCUT2D eigenvalue weighted by Gasteiger charge is 2.09. The van der Waals surface area contributed by atoms with E-state index >= 15 is 0 Å². The number of benzene rings is 2. The standard InChI is InChI=1S/C18H21F2N3O2/c1-21-18(22-11-13-7-3-5-9-15(13)24-2)23-12-14-8-4-6-10-16(14)25-17(19)20/h3-10,17H,11-12H2,1-2H3,(H2,21,22,23). The number of ether oxygens (including phenoxy) is 2. The summed E-state index contributed by atoms with van der Waals surface area (Å²) in [5, 5.41) is 6.24. The molecule has 0 aliphatic heterocycles. The van der Waals surface area contributed by atoms with Crippen LogP contribution in [-0.2, 0) is 13.1 Å². The lowest BCUT2D eigenvalue weighted by atomic mass is 10.2. The van der Waals surface area contributed by atoms with Crippen molar-refractivity contribution in [3.8, 4) is 11.5 Å². The maximum atomic E-state index is 12.5. The van der Waals surface area contributed by atoms with E-state index in [0.29, 0.717) is 24.6 Å². The molecule has 5 nitrogen and oxygen atoms in total. The van der Waals surface area contributed by atoms with Gasteiger partial charge in [-0.3, -0.25) is 4.99 Å². The highest BCUT2D eigenvalue weighted by Crippen LogP contribution is 2.20. The average molecular weight is 349 g/mol. The summed E-state index contributed by atoms with van der Waals surface area (Å²) in [4.78, 5) is 4.13. The van der Waals surface area contributed by atoms with Gasteiger partial charge in [0.1, 0.15) is 11.5 Å². The fraction of sp³-hybridized carbons (Fsp3) is 0.278.